The van der Waals surface area contributed by atoms with Crippen molar-refractivity contribution in [1.29, 1.82) is 0 Å². The quantitative estimate of drug-likeness (QED) is 0.166. The van der Waals surface area contributed by atoms with Gasteiger partial charge >= 0.3 is 14.0 Å². The van der Waals surface area contributed by atoms with E-state index in [1.165, 1.54) is 64.7 Å². The van der Waals surface area contributed by atoms with Gasteiger partial charge in [0.1, 0.15) is 6.10 Å². The van der Waals surface area contributed by atoms with E-state index in [9.17, 15) is 9.36 Å². The topological polar surface area (TPSA) is 71.1 Å². The summed E-state index contributed by atoms with van der Waals surface area (Å²) in [6.07, 6.45) is 14.5. The van der Waals surface area contributed by atoms with Crippen molar-refractivity contribution in [3.63, 3.8) is 0 Å². The molecule has 3 fully saturated rings. The van der Waals surface area contributed by atoms with Crippen LogP contribution in [0.5, 0.6) is 0 Å². The molecule has 6 unspecified atom stereocenters. The number of allylic oxidation sites excluding steroid dienone is 1. The molecule has 0 amide bonds. The molecule has 0 aliphatic heterocycles. The van der Waals surface area contributed by atoms with Crippen molar-refractivity contribution in [2.24, 2.45) is 46.3 Å². The van der Waals surface area contributed by atoms with E-state index in [1.54, 1.807) is 0 Å². The number of phosphoric acid groups is 1. The van der Waals surface area contributed by atoms with E-state index in [0.29, 0.717) is 5.41 Å². The monoisotopic (exact) mass is 538 g/mol. The number of carbonyl (C=O) groups is 1. The second kappa shape index (κ2) is 11.3. The molecule has 0 N–H and O–H groups in total. The molecule has 8 atom stereocenters. The summed E-state index contributed by atoms with van der Waals surface area (Å²) in [5, 5.41) is 0. The van der Waals surface area contributed by atoms with Gasteiger partial charge in [-0.2, -0.15) is 0 Å². The molecule has 37 heavy (non-hydrogen) atoms. The zero-order valence-electron chi connectivity index (χ0n) is 24.3. The Morgan fingerprint density at radius 1 is 1.03 bits per heavy atom. The lowest BCUT2D eigenvalue weighted by molar-refractivity contribution is -0.0601. The van der Waals surface area contributed by atoms with Gasteiger partial charge in [-0.05, 0) is 91.3 Å². The summed E-state index contributed by atoms with van der Waals surface area (Å²) in [5.41, 5.74) is 2.11. The third-order valence-corrected chi connectivity index (χ3v) is 12.4. The molecule has 0 bridgehead atoms. The molecule has 0 aromatic heterocycles. The van der Waals surface area contributed by atoms with Crippen LogP contribution < -0.4 is 0 Å². The molecular weight excluding hydrogens is 487 g/mol. The maximum absolute atomic E-state index is 12.3. The Bertz CT molecular complexity index is 893. The van der Waals surface area contributed by atoms with Gasteiger partial charge in [0.25, 0.3) is 0 Å². The number of rotatable bonds is 9. The number of hydrogen-bond donors (Lipinski definition) is 0. The lowest BCUT2D eigenvalue weighted by Gasteiger charge is -2.58. The number of fused-ring (bicyclic) bond motifs is 5. The van der Waals surface area contributed by atoms with Crippen LogP contribution in [0.1, 0.15) is 105 Å². The van der Waals surface area contributed by atoms with Crippen molar-refractivity contribution >= 4 is 14.0 Å². The summed E-state index contributed by atoms with van der Waals surface area (Å²) in [6.45, 7) is 12.3. The normalized spacial score (nSPS) is 38.3. The van der Waals surface area contributed by atoms with E-state index in [0.717, 1.165) is 61.2 Å². The van der Waals surface area contributed by atoms with Crippen LogP contribution in [-0.2, 0) is 22.9 Å². The van der Waals surface area contributed by atoms with Crippen molar-refractivity contribution < 1.29 is 27.7 Å². The molecule has 0 heterocycles. The van der Waals surface area contributed by atoms with Crippen LogP contribution in [-0.4, -0.2) is 26.5 Å². The average molecular weight is 539 g/mol. The van der Waals surface area contributed by atoms with E-state index in [4.69, 9.17) is 18.3 Å². The summed E-state index contributed by atoms with van der Waals surface area (Å²) < 4.78 is 31.9. The van der Waals surface area contributed by atoms with Gasteiger partial charge in [-0.25, -0.2) is 9.36 Å². The summed E-state index contributed by atoms with van der Waals surface area (Å²) in [6, 6.07) is 0. The zero-order chi connectivity index (χ0) is 27.0. The van der Waals surface area contributed by atoms with Gasteiger partial charge in [-0.3, -0.25) is 9.05 Å². The highest BCUT2D eigenvalue weighted by Gasteiger charge is 2.59. The van der Waals surface area contributed by atoms with E-state index in [-0.39, 0.29) is 11.5 Å². The first-order valence-electron chi connectivity index (χ1n) is 14.8. The molecule has 0 spiro atoms. The third kappa shape index (κ3) is 5.73. The summed E-state index contributed by atoms with van der Waals surface area (Å²) >= 11 is 0. The van der Waals surface area contributed by atoms with E-state index in [2.05, 4.69) is 40.7 Å². The molecule has 6 nitrogen and oxygen atoms in total. The minimum absolute atomic E-state index is 0.184. The van der Waals surface area contributed by atoms with E-state index in [1.807, 2.05) is 0 Å². The van der Waals surface area contributed by atoms with E-state index >= 15 is 0 Å². The SMILES string of the molecule is COP(=O)(OC)OC(=O)O[C@H]1CCC2(C)C(=CCC3C2CCC2(C)C3CCC2[C@@H](C)CCCC(C)C)C1. The van der Waals surface area contributed by atoms with Gasteiger partial charge in [-0.15, -0.1) is 0 Å². The van der Waals surface area contributed by atoms with Crippen molar-refractivity contribution in [2.75, 3.05) is 14.2 Å². The predicted molar refractivity (Wildman–Crippen MR) is 146 cm³/mol. The van der Waals surface area contributed by atoms with Crippen LogP contribution in [0, 0.1) is 46.3 Å². The Balaban J connectivity index is 1.40. The minimum atomic E-state index is -3.90. The number of carbonyl (C=O) groups excluding carboxylic acids is 1. The fourth-order valence-corrected chi connectivity index (χ4v) is 9.67. The van der Waals surface area contributed by atoms with Crippen molar-refractivity contribution in [3.8, 4) is 0 Å². The average Bonchev–Trinajstić information content (AvgIpc) is 3.21. The fraction of sp³-hybridized carbons (Fsp3) is 0.900. The maximum atomic E-state index is 12.3. The molecule has 4 aliphatic carbocycles. The summed E-state index contributed by atoms with van der Waals surface area (Å²) in [4.78, 5) is 12.3. The first kappa shape index (κ1) is 29.2. The molecule has 0 radical (unpaired) electrons. The van der Waals surface area contributed by atoms with Gasteiger partial charge in [0.15, 0.2) is 0 Å². The largest absolute Gasteiger partial charge is 0.534 e. The first-order chi connectivity index (χ1) is 17.5. The molecular formula is C30H51O6P. The predicted octanol–water partition coefficient (Wildman–Crippen LogP) is 8.95. The summed E-state index contributed by atoms with van der Waals surface area (Å²) in [7, 11) is -1.53. The standard InChI is InChI=1S/C30H51O6P/c1-20(2)9-8-10-21(3)25-13-14-26-24-12-11-22-19-23(35-28(31)36-37(32,33-6)34-7)15-17-29(22,4)27(24)16-18-30(25,26)5/h11,20-21,23-27H,8-10,12-19H2,1-7H3/t21-,23-,24?,25?,26?,27?,29?,30?/m0/s1. The van der Waals surface area contributed by atoms with Crippen LogP contribution in [0.15, 0.2) is 11.6 Å². The molecule has 3 saturated carbocycles. The lowest BCUT2D eigenvalue weighted by Crippen LogP contribution is -2.51. The smallest absolute Gasteiger partial charge is 0.430 e. The van der Waals surface area contributed by atoms with Gasteiger partial charge in [0.2, 0.25) is 0 Å². The van der Waals surface area contributed by atoms with E-state index < -0.39 is 14.0 Å². The Morgan fingerprint density at radius 3 is 2.43 bits per heavy atom. The van der Waals surface area contributed by atoms with Crippen molar-refractivity contribution in [2.45, 2.75) is 111 Å². The Hall–Kier alpha value is -0.840. The van der Waals surface area contributed by atoms with Gasteiger partial charge in [-0.1, -0.05) is 65.5 Å². The molecule has 7 heteroatoms. The lowest BCUT2D eigenvalue weighted by atomic mass is 9.47. The molecule has 0 aromatic rings. The Labute approximate surface area is 225 Å². The fourth-order valence-electron chi connectivity index (χ4n) is 9.15. The number of hydrogen-bond acceptors (Lipinski definition) is 6. The van der Waals surface area contributed by atoms with Gasteiger partial charge < -0.3 is 9.26 Å². The maximum Gasteiger partial charge on any atom is 0.534 e. The van der Waals surface area contributed by atoms with Gasteiger partial charge in [0, 0.05) is 20.6 Å². The highest BCUT2D eigenvalue weighted by Crippen LogP contribution is 2.67. The van der Waals surface area contributed by atoms with Crippen molar-refractivity contribution in [3.05, 3.63) is 11.6 Å². The van der Waals surface area contributed by atoms with Crippen LogP contribution in [0.2, 0.25) is 0 Å². The van der Waals surface area contributed by atoms with Crippen LogP contribution >= 0.6 is 7.82 Å². The second-order valence-electron chi connectivity index (χ2n) is 13.4. The third-order valence-electron chi connectivity index (χ3n) is 11.2. The highest BCUT2D eigenvalue weighted by atomic mass is 31.2. The number of ether oxygens (including phenoxy) is 1. The summed E-state index contributed by atoms with van der Waals surface area (Å²) in [5.74, 6) is 4.83. The Morgan fingerprint density at radius 2 is 1.76 bits per heavy atom. The molecule has 212 valence electrons. The minimum Gasteiger partial charge on any atom is -0.430 e. The molecule has 0 saturated heterocycles. The second-order valence-corrected chi connectivity index (χ2v) is 15.2. The van der Waals surface area contributed by atoms with Crippen molar-refractivity contribution in [1.82, 2.24) is 0 Å². The Kier molecular flexibility index (Phi) is 8.93. The van der Waals surface area contributed by atoms with Crippen LogP contribution in [0.3, 0.4) is 0 Å². The van der Waals surface area contributed by atoms with Crippen LogP contribution in [0.4, 0.5) is 4.79 Å². The highest BCUT2D eigenvalue weighted by molar-refractivity contribution is 7.49. The molecule has 0 aromatic carbocycles. The van der Waals surface area contributed by atoms with Gasteiger partial charge in [0.05, 0.1) is 0 Å². The zero-order valence-corrected chi connectivity index (χ0v) is 25.2. The first-order valence-corrected chi connectivity index (χ1v) is 16.2. The molecule has 4 aliphatic rings. The van der Waals surface area contributed by atoms with Crippen LogP contribution in [0.25, 0.3) is 0 Å². The molecule has 4 rings (SSSR count). The number of phosphoric ester groups is 1.